The largest absolute Gasteiger partial charge is 0.513 e. The maximum atomic E-state index is 14.2. The molecule has 2 aliphatic rings. The van der Waals surface area contributed by atoms with Gasteiger partial charge in [-0.3, -0.25) is 14.3 Å². The van der Waals surface area contributed by atoms with Crippen LogP contribution in [0.2, 0.25) is 0 Å². The van der Waals surface area contributed by atoms with E-state index in [4.69, 9.17) is 9.47 Å². The Labute approximate surface area is 242 Å². The molecule has 1 saturated carbocycles. The van der Waals surface area contributed by atoms with E-state index in [9.17, 15) is 31.5 Å². The van der Waals surface area contributed by atoms with E-state index in [1.807, 2.05) is 0 Å². The van der Waals surface area contributed by atoms with E-state index >= 15 is 0 Å². The predicted octanol–water partition coefficient (Wildman–Crippen LogP) is 5.64. The maximum absolute atomic E-state index is 14.2. The second-order valence-corrected chi connectivity index (χ2v) is 12.6. The van der Waals surface area contributed by atoms with Crippen LogP contribution in [-0.4, -0.2) is 60.4 Å². The summed E-state index contributed by atoms with van der Waals surface area (Å²) in [5.74, 6) is 0.0159. The molecule has 0 spiro atoms. The van der Waals surface area contributed by atoms with Gasteiger partial charge in [-0.15, -0.1) is 5.10 Å². The van der Waals surface area contributed by atoms with Gasteiger partial charge in [0.25, 0.3) is 15.9 Å². The van der Waals surface area contributed by atoms with Crippen molar-refractivity contribution in [2.75, 3.05) is 22.8 Å². The van der Waals surface area contributed by atoms with Crippen molar-refractivity contribution < 1.29 is 45.7 Å². The van der Waals surface area contributed by atoms with Gasteiger partial charge in [0.15, 0.2) is 4.90 Å². The first-order valence-electron chi connectivity index (χ1n) is 13.6. The minimum absolute atomic E-state index is 0.00370. The summed E-state index contributed by atoms with van der Waals surface area (Å²) in [5, 5.41) is 16.6. The van der Waals surface area contributed by atoms with Crippen LogP contribution in [0.3, 0.4) is 0 Å². The number of aliphatic hydroxyl groups excluding tert-OH is 1. The first-order chi connectivity index (χ1) is 19.6. The highest BCUT2D eigenvalue weighted by atomic mass is 32.2. The number of rotatable bonds is 11. The monoisotopic (exact) mass is 616 g/mol. The number of aliphatic hydroxyl groups is 1. The lowest BCUT2D eigenvalue weighted by atomic mass is 9.94. The van der Waals surface area contributed by atoms with E-state index in [0.29, 0.717) is 26.8 Å². The number of hydrogen-bond donors (Lipinski definition) is 2. The van der Waals surface area contributed by atoms with E-state index in [2.05, 4.69) is 21.7 Å². The third kappa shape index (κ3) is 6.55. The van der Waals surface area contributed by atoms with Gasteiger partial charge in [0.2, 0.25) is 5.60 Å². The van der Waals surface area contributed by atoms with Crippen LogP contribution in [0.25, 0.3) is 0 Å². The number of nitrogens with zero attached hydrogens (tertiary/aromatic N) is 3. The third-order valence-corrected chi connectivity index (χ3v) is 8.93. The van der Waals surface area contributed by atoms with Crippen molar-refractivity contribution >= 4 is 27.5 Å². The Kier molecular flexibility index (Phi) is 8.63. The molecule has 1 aromatic heterocycles. The zero-order valence-electron chi connectivity index (χ0n) is 23.8. The standard InChI is InChI=1S/C27H35F3N4O7S/c1-6-33-15-23(24(32-33)39-7-2)42(37,38)34-14-19(13-20(16(3)35)17-8-9-17)40-22-11-10-18(12-21(22)34)31-25(36)41-26(4,5)27(28,29)30/h10-12,15,17,19-20,35H,3,6-9,13-14H2,1-2,4-5H3,(H,31,36)/t19-,20-/m0/s1. The van der Waals surface area contributed by atoms with Crippen LogP contribution in [0.15, 0.2) is 41.6 Å². The van der Waals surface area contributed by atoms with E-state index in [1.54, 1.807) is 13.8 Å². The first-order valence-corrected chi connectivity index (χ1v) is 15.0. The molecule has 1 aliphatic heterocycles. The summed E-state index contributed by atoms with van der Waals surface area (Å²) < 4.78 is 86.7. The lowest BCUT2D eigenvalue weighted by molar-refractivity contribution is -0.242. The number of hydrogen-bond acceptors (Lipinski definition) is 8. The minimum atomic E-state index is -4.81. The quantitative estimate of drug-likeness (QED) is 0.310. The molecule has 1 amide bonds. The highest BCUT2D eigenvalue weighted by Gasteiger charge is 2.51. The van der Waals surface area contributed by atoms with Crippen LogP contribution in [0.1, 0.15) is 47.0 Å². The van der Waals surface area contributed by atoms with E-state index in [1.165, 1.54) is 29.1 Å². The number of alkyl halides is 3. The number of ether oxygens (including phenoxy) is 3. The van der Waals surface area contributed by atoms with E-state index < -0.39 is 34.0 Å². The van der Waals surface area contributed by atoms with Crippen LogP contribution < -0.4 is 19.1 Å². The zero-order valence-corrected chi connectivity index (χ0v) is 24.6. The number of benzene rings is 1. The van der Waals surface area contributed by atoms with Gasteiger partial charge in [0, 0.05) is 24.3 Å². The smallest absolute Gasteiger partial charge is 0.427 e. The fraction of sp³-hybridized carbons (Fsp3) is 0.556. The Morgan fingerprint density at radius 1 is 1.29 bits per heavy atom. The predicted molar refractivity (Wildman–Crippen MR) is 147 cm³/mol. The molecule has 2 heterocycles. The van der Waals surface area contributed by atoms with Gasteiger partial charge in [-0.2, -0.15) is 13.2 Å². The third-order valence-electron chi connectivity index (χ3n) is 7.17. The summed E-state index contributed by atoms with van der Waals surface area (Å²) in [7, 11) is -4.34. The van der Waals surface area contributed by atoms with Crippen molar-refractivity contribution in [2.45, 2.75) is 76.3 Å². The summed E-state index contributed by atoms with van der Waals surface area (Å²) in [6, 6.07) is 4.05. The Hall–Kier alpha value is -3.62. The molecule has 2 atom stereocenters. The molecule has 0 saturated heterocycles. The van der Waals surface area contributed by atoms with Crippen LogP contribution in [0.5, 0.6) is 11.6 Å². The number of nitrogens with one attached hydrogen (secondary N) is 1. The Morgan fingerprint density at radius 2 is 1.98 bits per heavy atom. The van der Waals surface area contributed by atoms with Gasteiger partial charge < -0.3 is 19.3 Å². The zero-order chi connectivity index (χ0) is 31.0. The molecule has 2 aromatic rings. The van der Waals surface area contributed by atoms with Crippen molar-refractivity contribution in [3.8, 4) is 11.6 Å². The highest BCUT2D eigenvalue weighted by molar-refractivity contribution is 7.93. The number of allylic oxidation sites excluding steroid dienone is 1. The van der Waals surface area contributed by atoms with Crippen LogP contribution in [0.4, 0.5) is 29.3 Å². The molecule has 2 N–H and O–H groups in total. The fourth-order valence-corrected chi connectivity index (χ4v) is 6.21. The van der Waals surface area contributed by atoms with Crippen molar-refractivity contribution in [1.82, 2.24) is 9.78 Å². The fourth-order valence-electron chi connectivity index (χ4n) is 4.64. The number of aromatic nitrogens is 2. The number of amides is 1. The van der Waals surface area contributed by atoms with Crippen LogP contribution >= 0.6 is 0 Å². The second-order valence-electron chi connectivity index (χ2n) is 10.7. The molecule has 0 unspecified atom stereocenters. The summed E-state index contributed by atoms with van der Waals surface area (Å²) in [6.45, 7) is 8.97. The molecular weight excluding hydrogens is 581 g/mol. The topological polar surface area (TPSA) is 132 Å². The molecule has 0 bridgehead atoms. The number of aryl methyl sites for hydroxylation is 1. The Morgan fingerprint density at radius 3 is 2.55 bits per heavy atom. The highest BCUT2D eigenvalue weighted by Crippen LogP contribution is 2.45. The molecule has 1 fully saturated rings. The van der Waals surface area contributed by atoms with Crippen molar-refractivity contribution in [1.29, 1.82) is 0 Å². The van der Waals surface area contributed by atoms with Crippen molar-refractivity contribution in [3.63, 3.8) is 0 Å². The van der Waals surface area contributed by atoms with Gasteiger partial charge in [-0.25, -0.2) is 13.2 Å². The van der Waals surface area contributed by atoms with E-state index in [0.717, 1.165) is 17.1 Å². The summed E-state index contributed by atoms with van der Waals surface area (Å²) in [4.78, 5) is 12.2. The summed E-state index contributed by atoms with van der Waals surface area (Å²) in [5.41, 5.74) is -2.74. The molecule has 4 rings (SSSR count). The lowest BCUT2D eigenvalue weighted by Gasteiger charge is -2.37. The number of anilines is 2. The molecular formula is C27H35F3N4O7S. The maximum Gasteiger partial charge on any atom is 0.427 e. The number of fused-ring (bicyclic) bond motifs is 1. The van der Waals surface area contributed by atoms with Crippen molar-refractivity contribution in [2.24, 2.45) is 11.8 Å². The summed E-state index contributed by atoms with van der Waals surface area (Å²) >= 11 is 0. The van der Waals surface area contributed by atoms with Gasteiger partial charge in [0.05, 0.1) is 24.6 Å². The van der Waals surface area contributed by atoms with Crippen molar-refractivity contribution in [3.05, 3.63) is 36.7 Å². The van der Waals surface area contributed by atoms with E-state index in [-0.39, 0.29) is 58.6 Å². The van der Waals surface area contributed by atoms with Crippen LogP contribution in [-0.2, 0) is 21.3 Å². The number of sulfonamides is 1. The average Bonchev–Trinajstić information content (AvgIpc) is 3.64. The van der Waals surface area contributed by atoms with Crippen LogP contribution in [0, 0.1) is 11.8 Å². The molecule has 11 nitrogen and oxygen atoms in total. The van der Waals surface area contributed by atoms with Gasteiger partial charge >= 0.3 is 12.3 Å². The molecule has 0 radical (unpaired) electrons. The molecule has 1 aromatic carbocycles. The molecule has 1 aliphatic carbocycles. The molecule has 15 heteroatoms. The summed E-state index contributed by atoms with van der Waals surface area (Å²) in [6.07, 6.45) is -3.37. The second kappa shape index (κ2) is 11.6. The number of halogens is 3. The SMILES string of the molecule is C=C(O)[C@H](C[C@H]1CN(S(=O)(=O)c2cn(CC)nc2OCC)c2cc(NC(=O)OC(C)(C)C(F)(F)F)ccc2O1)C1CC1. The first kappa shape index (κ1) is 31.3. The van der Waals surface area contributed by atoms with Gasteiger partial charge in [0.1, 0.15) is 11.9 Å². The average molecular weight is 617 g/mol. The molecule has 232 valence electrons. The van der Waals surface area contributed by atoms with Gasteiger partial charge in [-0.05, 0) is 71.1 Å². The Bertz CT molecular complexity index is 1440. The Balaban J connectivity index is 1.71. The molecule has 42 heavy (non-hydrogen) atoms. The lowest BCUT2D eigenvalue weighted by Crippen LogP contribution is -2.45. The number of carbonyl (C=O) groups is 1. The normalized spacial score (nSPS) is 18.1. The minimum Gasteiger partial charge on any atom is -0.513 e. The van der Waals surface area contributed by atoms with Gasteiger partial charge in [-0.1, -0.05) is 6.58 Å². The number of carbonyl (C=O) groups excluding carboxylic acids is 1.